The Morgan fingerprint density at radius 1 is 1.20 bits per heavy atom. The van der Waals surface area contributed by atoms with Crippen LogP contribution in [-0.2, 0) is 19.1 Å². The summed E-state index contributed by atoms with van der Waals surface area (Å²) in [5, 5.41) is 5.02. The summed E-state index contributed by atoms with van der Waals surface area (Å²) < 4.78 is 9.81. The van der Waals surface area contributed by atoms with Gasteiger partial charge in [0.2, 0.25) is 0 Å². The molecule has 1 heterocycles. The van der Waals surface area contributed by atoms with Crippen LogP contribution in [0.3, 0.4) is 0 Å². The molecule has 7 heteroatoms. The lowest BCUT2D eigenvalue weighted by atomic mass is 10.1. The first-order valence-corrected chi connectivity index (χ1v) is 6.12. The molecule has 0 aromatic carbocycles. The average molecular weight is 281 g/mol. The number of nitrogens with zero attached hydrogens (tertiary/aromatic N) is 1. The number of methoxy groups -OCH3 is 2. The lowest BCUT2D eigenvalue weighted by molar-refractivity contribution is -0.142. The zero-order valence-corrected chi connectivity index (χ0v) is 11.8. The molecule has 0 saturated carbocycles. The fourth-order valence-electron chi connectivity index (χ4n) is 1.52. The highest BCUT2D eigenvalue weighted by molar-refractivity contribution is 6.35. The van der Waals surface area contributed by atoms with Crippen LogP contribution in [0.25, 0.3) is 0 Å². The third-order valence-electron chi connectivity index (χ3n) is 2.72. The highest BCUT2D eigenvalue weighted by Crippen LogP contribution is 2.09. The third kappa shape index (κ3) is 4.94. The van der Waals surface area contributed by atoms with Gasteiger partial charge >= 0.3 is 11.8 Å². The monoisotopic (exact) mass is 281 g/mol. The fourth-order valence-corrected chi connectivity index (χ4v) is 1.52. The SMILES string of the molecule is COC(CNC(=O)C(=O)NC(C)c1ccncc1)OC. The van der Waals surface area contributed by atoms with Gasteiger partial charge < -0.3 is 20.1 Å². The number of hydrogen-bond acceptors (Lipinski definition) is 5. The van der Waals surface area contributed by atoms with Crippen LogP contribution in [-0.4, -0.2) is 43.9 Å². The quantitative estimate of drug-likeness (QED) is 0.565. The summed E-state index contributed by atoms with van der Waals surface area (Å²) in [4.78, 5) is 27.2. The molecule has 0 saturated heterocycles. The highest BCUT2D eigenvalue weighted by atomic mass is 16.7. The Kier molecular flexibility index (Phi) is 6.61. The molecule has 0 fully saturated rings. The molecule has 2 amide bonds. The molecular weight excluding hydrogens is 262 g/mol. The van der Waals surface area contributed by atoms with E-state index in [1.165, 1.54) is 14.2 Å². The van der Waals surface area contributed by atoms with Crippen molar-refractivity contribution in [2.75, 3.05) is 20.8 Å². The van der Waals surface area contributed by atoms with Crippen LogP contribution in [0, 0.1) is 0 Å². The molecule has 0 radical (unpaired) electrons. The summed E-state index contributed by atoms with van der Waals surface area (Å²) in [5.74, 6) is -1.44. The van der Waals surface area contributed by atoms with Gasteiger partial charge in [0.05, 0.1) is 12.6 Å². The Balaban J connectivity index is 2.44. The van der Waals surface area contributed by atoms with Gasteiger partial charge in [-0.3, -0.25) is 14.6 Å². The lowest BCUT2D eigenvalue weighted by Gasteiger charge is -2.16. The summed E-state index contributed by atoms with van der Waals surface area (Å²) in [7, 11) is 2.90. The van der Waals surface area contributed by atoms with Gasteiger partial charge in [0.15, 0.2) is 6.29 Å². The van der Waals surface area contributed by atoms with Crippen molar-refractivity contribution in [3.05, 3.63) is 30.1 Å². The Labute approximate surface area is 117 Å². The normalized spacial score (nSPS) is 12.0. The fraction of sp³-hybridized carbons (Fsp3) is 0.462. The van der Waals surface area contributed by atoms with Gasteiger partial charge in [-0.25, -0.2) is 0 Å². The first-order chi connectivity index (χ1) is 9.58. The maximum absolute atomic E-state index is 11.7. The molecule has 1 aromatic heterocycles. The molecule has 1 aromatic rings. The predicted molar refractivity (Wildman–Crippen MR) is 71.6 cm³/mol. The lowest BCUT2D eigenvalue weighted by Crippen LogP contribution is -2.44. The molecule has 0 spiro atoms. The van der Waals surface area contributed by atoms with Crippen molar-refractivity contribution in [1.29, 1.82) is 0 Å². The zero-order chi connectivity index (χ0) is 15.0. The predicted octanol–water partition coefficient (Wildman–Crippen LogP) is -0.00610. The molecule has 1 unspecified atom stereocenters. The zero-order valence-electron chi connectivity index (χ0n) is 11.8. The van der Waals surface area contributed by atoms with Gasteiger partial charge in [0.1, 0.15) is 0 Å². The molecule has 0 aliphatic rings. The summed E-state index contributed by atoms with van der Waals surface area (Å²) in [6, 6.07) is 3.26. The van der Waals surface area contributed by atoms with E-state index in [1.807, 2.05) is 0 Å². The van der Waals surface area contributed by atoms with Crippen LogP contribution >= 0.6 is 0 Å². The van der Waals surface area contributed by atoms with E-state index < -0.39 is 18.1 Å². The smallest absolute Gasteiger partial charge is 0.309 e. The molecule has 0 aliphatic carbocycles. The molecule has 110 valence electrons. The summed E-state index contributed by atoms with van der Waals surface area (Å²) in [6.45, 7) is 1.89. The van der Waals surface area contributed by atoms with Crippen molar-refractivity contribution < 1.29 is 19.1 Å². The van der Waals surface area contributed by atoms with Crippen molar-refractivity contribution in [3.63, 3.8) is 0 Å². The van der Waals surface area contributed by atoms with E-state index in [1.54, 1.807) is 31.5 Å². The number of carbonyl (C=O) groups excluding carboxylic acids is 2. The van der Waals surface area contributed by atoms with Crippen LogP contribution in [0.15, 0.2) is 24.5 Å². The molecule has 0 bridgehead atoms. The molecule has 2 N–H and O–H groups in total. The minimum absolute atomic E-state index is 0.100. The number of pyridine rings is 1. The van der Waals surface area contributed by atoms with Crippen molar-refractivity contribution in [2.45, 2.75) is 19.3 Å². The molecule has 7 nitrogen and oxygen atoms in total. The maximum Gasteiger partial charge on any atom is 0.309 e. The van der Waals surface area contributed by atoms with Crippen LogP contribution in [0.1, 0.15) is 18.5 Å². The van der Waals surface area contributed by atoms with Crippen LogP contribution in [0.2, 0.25) is 0 Å². The summed E-state index contributed by atoms with van der Waals surface area (Å²) >= 11 is 0. The first kappa shape index (κ1) is 16.1. The van der Waals surface area contributed by atoms with Crippen molar-refractivity contribution in [2.24, 2.45) is 0 Å². The third-order valence-corrected chi connectivity index (χ3v) is 2.72. The van der Waals surface area contributed by atoms with Crippen molar-refractivity contribution in [1.82, 2.24) is 15.6 Å². The Morgan fingerprint density at radius 2 is 1.80 bits per heavy atom. The number of hydrogen-bond donors (Lipinski definition) is 2. The van der Waals surface area contributed by atoms with Gasteiger partial charge in [-0.2, -0.15) is 0 Å². The van der Waals surface area contributed by atoms with E-state index in [0.717, 1.165) is 5.56 Å². The topological polar surface area (TPSA) is 89.5 Å². The Hall–Kier alpha value is -1.99. The van der Waals surface area contributed by atoms with Gasteiger partial charge in [0.25, 0.3) is 0 Å². The van der Waals surface area contributed by atoms with Crippen LogP contribution < -0.4 is 10.6 Å². The van der Waals surface area contributed by atoms with Gasteiger partial charge in [-0.15, -0.1) is 0 Å². The minimum atomic E-state index is -0.731. The molecule has 1 atom stereocenters. The van der Waals surface area contributed by atoms with Gasteiger partial charge in [-0.05, 0) is 24.6 Å². The summed E-state index contributed by atoms with van der Waals surface area (Å²) in [5.41, 5.74) is 0.868. The second-order valence-electron chi connectivity index (χ2n) is 4.09. The average Bonchev–Trinajstić information content (AvgIpc) is 2.48. The molecule has 1 rings (SSSR count). The van der Waals surface area contributed by atoms with Crippen molar-refractivity contribution in [3.8, 4) is 0 Å². The number of aromatic nitrogens is 1. The van der Waals surface area contributed by atoms with E-state index in [-0.39, 0.29) is 12.6 Å². The van der Waals surface area contributed by atoms with E-state index in [0.29, 0.717) is 0 Å². The molecule has 0 aliphatic heterocycles. The maximum atomic E-state index is 11.7. The van der Waals surface area contributed by atoms with E-state index in [9.17, 15) is 9.59 Å². The number of nitrogens with one attached hydrogen (secondary N) is 2. The van der Waals surface area contributed by atoms with Crippen LogP contribution in [0.5, 0.6) is 0 Å². The van der Waals surface area contributed by atoms with Gasteiger partial charge in [0, 0.05) is 26.6 Å². The first-order valence-electron chi connectivity index (χ1n) is 6.12. The minimum Gasteiger partial charge on any atom is -0.354 e. The summed E-state index contributed by atoms with van der Waals surface area (Å²) in [6.07, 6.45) is 2.67. The number of carbonyl (C=O) groups is 2. The Morgan fingerprint density at radius 3 is 2.35 bits per heavy atom. The van der Waals surface area contributed by atoms with E-state index >= 15 is 0 Å². The largest absolute Gasteiger partial charge is 0.354 e. The number of rotatable bonds is 6. The van der Waals surface area contributed by atoms with E-state index in [4.69, 9.17) is 9.47 Å². The van der Waals surface area contributed by atoms with E-state index in [2.05, 4.69) is 15.6 Å². The number of amides is 2. The Bertz CT molecular complexity index is 435. The molecular formula is C13H19N3O4. The van der Waals surface area contributed by atoms with Crippen LogP contribution in [0.4, 0.5) is 0 Å². The number of ether oxygens (including phenoxy) is 2. The highest BCUT2D eigenvalue weighted by Gasteiger charge is 2.18. The second kappa shape index (κ2) is 8.23. The second-order valence-corrected chi connectivity index (χ2v) is 4.09. The molecule has 20 heavy (non-hydrogen) atoms. The van der Waals surface area contributed by atoms with Crippen molar-refractivity contribution >= 4 is 11.8 Å². The van der Waals surface area contributed by atoms with Gasteiger partial charge in [-0.1, -0.05) is 0 Å². The standard InChI is InChI=1S/C13H19N3O4/c1-9(10-4-6-14-7-5-10)16-13(18)12(17)15-8-11(19-2)20-3/h4-7,9,11H,8H2,1-3H3,(H,15,17)(H,16,18).